The van der Waals surface area contributed by atoms with E-state index in [1.54, 1.807) is 0 Å². The van der Waals surface area contributed by atoms with Gasteiger partial charge in [-0.3, -0.25) is 0 Å². The third-order valence-corrected chi connectivity index (χ3v) is 4.30. The van der Waals surface area contributed by atoms with Crippen molar-refractivity contribution in [3.63, 3.8) is 0 Å². The van der Waals surface area contributed by atoms with Gasteiger partial charge >= 0.3 is 6.03 Å². The summed E-state index contributed by atoms with van der Waals surface area (Å²) in [6.45, 7) is 0.727. The van der Waals surface area contributed by atoms with Crippen molar-refractivity contribution in [1.29, 1.82) is 0 Å². The number of nitrogens with zero attached hydrogens (tertiary/aromatic N) is 1. The second kappa shape index (κ2) is 9.01. The Morgan fingerprint density at radius 2 is 1.37 bits per heavy atom. The number of carbonyl (C=O) groups excluding carboxylic acids is 1. The molecule has 0 radical (unpaired) electrons. The molecule has 1 unspecified atom stereocenters. The molecule has 138 valence electrons. The van der Waals surface area contributed by atoms with E-state index in [0.717, 1.165) is 28.9 Å². The molecule has 27 heavy (non-hydrogen) atoms. The van der Waals surface area contributed by atoms with Gasteiger partial charge in [-0.25, -0.2) is 4.79 Å². The fourth-order valence-corrected chi connectivity index (χ4v) is 2.99. The number of rotatable bonds is 6. The minimum atomic E-state index is -0.210. The van der Waals surface area contributed by atoms with Gasteiger partial charge in [0.25, 0.3) is 0 Å². The summed E-state index contributed by atoms with van der Waals surface area (Å²) in [4.78, 5) is 14.6. The topological polar surface area (TPSA) is 44.4 Å². The number of hydrogen-bond acceptors (Lipinski definition) is 2. The number of urea groups is 1. The highest BCUT2D eigenvalue weighted by molar-refractivity contribution is 5.89. The highest BCUT2D eigenvalue weighted by Gasteiger charge is 2.15. The van der Waals surface area contributed by atoms with Crippen LogP contribution in [0.15, 0.2) is 84.9 Å². The van der Waals surface area contributed by atoms with Crippen molar-refractivity contribution in [2.24, 2.45) is 0 Å². The summed E-state index contributed by atoms with van der Waals surface area (Å²) in [6.07, 6.45) is 0. The normalized spacial score (nSPS) is 11.8. The molecule has 0 spiro atoms. The van der Waals surface area contributed by atoms with E-state index in [2.05, 4.69) is 27.7 Å². The maximum atomic E-state index is 12.5. The van der Waals surface area contributed by atoms with Crippen LogP contribution in [0.4, 0.5) is 10.5 Å². The van der Waals surface area contributed by atoms with E-state index in [-0.39, 0.29) is 12.1 Å². The Bertz CT molecular complexity index is 846. The first-order chi connectivity index (χ1) is 13.1. The monoisotopic (exact) mass is 359 g/mol. The molecule has 3 aromatic carbocycles. The van der Waals surface area contributed by atoms with Crippen molar-refractivity contribution in [3.8, 4) is 11.1 Å². The summed E-state index contributed by atoms with van der Waals surface area (Å²) in [6, 6.07) is 27.8. The minimum absolute atomic E-state index is 0.0789. The largest absolute Gasteiger partial charge is 0.330 e. The molecular weight excluding hydrogens is 334 g/mol. The Morgan fingerprint density at radius 3 is 1.96 bits per heavy atom. The van der Waals surface area contributed by atoms with Gasteiger partial charge in [-0.15, -0.1) is 0 Å². The van der Waals surface area contributed by atoms with Crippen LogP contribution in [0.3, 0.4) is 0 Å². The smallest absolute Gasteiger partial charge is 0.319 e. The van der Waals surface area contributed by atoms with Crippen LogP contribution in [0.25, 0.3) is 11.1 Å². The third-order valence-electron chi connectivity index (χ3n) is 4.30. The maximum absolute atomic E-state index is 12.5. The SMILES string of the molecule is CN(C)CC(NC(=O)Nc1ccc(-c2ccccc2)cc1)c1ccccc1. The van der Waals surface area contributed by atoms with E-state index in [1.807, 2.05) is 86.9 Å². The lowest BCUT2D eigenvalue weighted by Crippen LogP contribution is -2.37. The molecule has 3 aromatic rings. The van der Waals surface area contributed by atoms with Crippen molar-refractivity contribution in [1.82, 2.24) is 10.2 Å². The Kier molecular flexibility index (Phi) is 6.23. The van der Waals surface area contributed by atoms with Crippen LogP contribution in [-0.2, 0) is 0 Å². The molecule has 3 rings (SSSR count). The standard InChI is InChI=1S/C23H25N3O/c1-26(2)17-22(20-11-7-4-8-12-20)25-23(27)24-21-15-13-19(14-16-21)18-9-5-3-6-10-18/h3-16,22H,17H2,1-2H3,(H2,24,25,27). The van der Waals surface area contributed by atoms with Gasteiger partial charge in [0.05, 0.1) is 6.04 Å². The van der Waals surface area contributed by atoms with Crippen LogP contribution in [0.1, 0.15) is 11.6 Å². The Hall–Kier alpha value is -3.11. The van der Waals surface area contributed by atoms with Gasteiger partial charge in [0.2, 0.25) is 0 Å². The lowest BCUT2D eigenvalue weighted by molar-refractivity contribution is 0.244. The van der Waals surface area contributed by atoms with Crippen LogP contribution in [0.5, 0.6) is 0 Å². The van der Waals surface area contributed by atoms with E-state index in [1.165, 1.54) is 0 Å². The second-order valence-electron chi connectivity index (χ2n) is 6.77. The minimum Gasteiger partial charge on any atom is -0.330 e. The molecule has 0 saturated heterocycles. The number of hydrogen-bond donors (Lipinski definition) is 2. The van der Waals surface area contributed by atoms with E-state index in [4.69, 9.17) is 0 Å². The maximum Gasteiger partial charge on any atom is 0.319 e. The van der Waals surface area contributed by atoms with Crippen LogP contribution >= 0.6 is 0 Å². The molecular formula is C23H25N3O. The highest BCUT2D eigenvalue weighted by Crippen LogP contribution is 2.21. The average molecular weight is 359 g/mol. The molecule has 0 saturated carbocycles. The predicted octanol–water partition coefficient (Wildman–Crippen LogP) is 4.78. The molecule has 0 aromatic heterocycles. The summed E-state index contributed by atoms with van der Waals surface area (Å²) < 4.78 is 0. The quantitative estimate of drug-likeness (QED) is 0.665. The Labute approximate surface area is 160 Å². The zero-order valence-corrected chi connectivity index (χ0v) is 15.7. The van der Waals surface area contributed by atoms with E-state index in [0.29, 0.717) is 0 Å². The van der Waals surface area contributed by atoms with E-state index >= 15 is 0 Å². The summed E-state index contributed by atoms with van der Waals surface area (Å²) in [5, 5.41) is 5.99. The first kappa shape index (κ1) is 18.7. The van der Waals surface area contributed by atoms with Crippen molar-refractivity contribution in [3.05, 3.63) is 90.5 Å². The first-order valence-electron chi connectivity index (χ1n) is 9.04. The number of nitrogens with one attached hydrogen (secondary N) is 2. The molecule has 4 heteroatoms. The molecule has 0 bridgehead atoms. The third kappa shape index (κ3) is 5.43. The fourth-order valence-electron chi connectivity index (χ4n) is 2.99. The van der Waals surface area contributed by atoms with E-state index < -0.39 is 0 Å². The number of amides is 2. The molecule has 0 aliphatic carbocycles. The highest BCUT2D eigenvalue weighted by atomic mass is 16.2. The average Bonchev–Trinajstić information content (AvgIpc) is 2.69. The van der Waals surface area contributed by atoms with Crippen LogP contribution in [0.2, 0.25) is 0 Å². The van der Waals surface area contributed by atoms with Crippen molar-refractivity contribution in [2.45, 2.75) is 6.04 Å². The van der Waals surface area contributed by atoms with Gasteiger partial charge < -0.3 is 15.5 Å². The number of benzene rings is 3. The van der Waals surface area contributed by atoms with Gasteiger partial charge in [-0.2, -0.15) is 0 Å². The number of carbonyl (C=O) groups is 1. The summed E-state index contributed by atoms with van der Waals surface area (Å²) in [7, 11) is 4.00. The summed E-state index contributed by atoms with van der Waals surface area (Å²) in [5.74, 6) is 0. The molecule has 2 N–H and O–H groups in total. The summed E-state index contributed by atoms with van der Waals surface area (Å²) >= 11 is 0. The Morgan fingerprint density at radius 1 is 0.815 bits per heavy atom. The number of anilines is 1. The van der Waals surface area contributed by atoms with Gasteiger partial charge in [-0.05, 0) is 42.9 Å². The Balaban J connectivity index is 1.65. The lowest BCUT2D eigenvalue weighted by atomic mass is 10.1. The second-order valence-corrected chi connectivity index (χ2v) is 6.77. The van der Waals surface area contributed by atoms with E-state index in [9.17, 15) is 4.79 Å². The molecule has 0 fully saturated rings. The molecule has 0 heterocycles. The van der Waals surface area contributed by atoms with Crippen LogP contribution in [0, 0.1) is 0 Å². The van der Waals surface area contributed by atoms with Gasteiger partial charge in [0, 0.05) is 12.2 Å². The lowest BCUT2D eigenvalue weighted by Gasteiger charge is -2.23. The zero-order valence-electron chi connectivity index (χ0n) is 15.7. The molecule has 1 atom stereocenters. The summed E-state index contributed by atoms with van der Waals surface area (Å²) in [5.41, 5.74) is 4.13. The van der Waals surface area contributed by atoms with Crippen molar-refractivity contribution in [2.75, 3.05) is 26.0 Å². The fraction of sp³-hybridized carbons (Fsp3) is 0.174. The zero-order chi connectivity index (χ0) is 19.1. The molecule has 4 nitrogen and oxygen atoms in total. The van der Waals surface area contributed by atoms with Crippen molar-refractivity contribution >= 4 is 11.7 Å². The van der Waals surface area contributed by atoms with Gasteiger partial charge in [0.15, 0.2) is 0 Å². The molecule has 0 aliphatic rings. The first-order valence-corrected chi connectivity index (χ1v) is 9.04. The van der Waals surface area contributed by atoms with Crippen LogP contribution < -0.4 is 10.6 Å². The van der Waals surface area contributed by atoms with Gasteiger partial charge in [0.1, 0.15) is 0 Å². The van der Waals surface area contributed by atoms with Crippen molar-refractivity contribution < 1.29 is 4.79 Å². The van der Waals surface area contributed by atoms with Gasteiger partial charge in [-0.1, -0.05) is 72.8 Å². The molecule has 0 aliphatic heterocycles. The predicted molar refractivity (Wildman–Crippen MR) is 112 cm³/mol. The number of likely N-dealkylation sites (N-methyl/N-ethyl adjacent to an activating group) is 1. The van der Waals surface area contributed by atoms with Crippen LogP contribution in [-0.4, -0.2) is 31.6 Å². The molecule has 2 amide bonds.